The minimum atomic E-state index is -3.75. The first kappa shape index (κ1) is 18.6. The molecular formula is C15H18BrN3O4S. The molecule has 0 fully saturated rings. The highest BCUT2D eigenvalue weighted by atomic mass is 79.9. The quantitative estimate of drug-likeness (QED) is 0.754. The lowest BCUT2D eigenvalue weighted by atomic mass is 10.2. The summed E-state index contributed by atoms with van der Waals surface area (Å²) >= 11 is 3.39. The van der Waals surface area contributed by atoms with Crippen molar-refractivity contribution in [2.24, 2.45) is 0 Å². The summed E-state index contributed by atoms with van der Waals surface area (Å²) in [5.74, 6) is -0.0621. The van der Waals surface area contributed by atoms with E-state index in [1.54, 1.807) is 13.0 Å². The van der Waals surface area contributed by atoms with Crippen LogP contribution < -0.4 is 10.0 Å². The summed E-state index contributed by atoms with van der Waals surface area (Å²) in [5.41, 5.74) is 1.94. The molecule has 0 unspecified atom stereocenters. The predicted octanol–water partition coefficient (Wildman–Crippen LogP) is 2.67. The first-order chi connectivity index (χ1) is 11.2. The van der Waals surface area contributed by atoms with E-state index in [0.717, 1.165) is 10.0 Å². The van der Waals surface area contributed by atoms with Crippen LogP contribution in [0.3, 0.4) is 0 Å². The summed E-state index contributed by atoms with van der Waals surface area (Å²) in [6.07, 6.45) is 0.0116. The van der Waals surface area contributed by atoms with Crippen LogP contribution in [0.4, 0.5) is 5.69 Å². The van der Waals surface area contributed by atoms with E-state index < -0.39 is 10.0 Å². The van der Waals surface area contributed by atoms with E-state index in [-0.39, 0.29) is 35.2 Å². The third-order valence-corrected chi connectivity index (χ3v) is 5.92. The number of aryl methyl sites for hydroxylation is 3. The van der Waals surface area contributed by atoms with Gasteiger partial charge in [0.2, 0.25) is 15.9 Å². The lowest BCUT2D eigenvalue weighted by Crippen LogP contribution is -2.28. The maximum absolute atomic E-state index is 12.2. The van der Waals surface area contributed by atoms with Crippen molar-refractivity contribution in [2.75, 3.05) is 11.9 Å². The molecule has 9 heteroatoms. The molecule has 1 heterocycles. The predicted molar refractivity (Wildman–Crippen MR) is 93.3 cm³/mol. The number of sulfonamides is 1. The zero-order valence-corrected chi connectivity index (χ0v) is 15.9. The second-order valence-corrected chi connectivity index (χ2v) is 7.87. The molecule has 2 rings (SSSR count). The number of aromatic nitrogens is 1. The Morgan fingerprint density at radius 3 is 2.58 bits per heavy atom. The molecule has 0 aliphatic carbocycles. The molecule has 7 nitrogen and oxygen atoms in total. The molecular weight excluding hydrogens is 398 g/mol. The first-order valence-corrected chi connectivity index (χ1v) is 9.47. The van der Waals surface area contributed by atoms with Gasteiger partial charge in [0.05, 0.1) is 0 Å². The van der Waals surface area contributed by atoms with Gasteiger partial charge in [-0.15, -0.1) is 0 Å². The van der Waals surface area contributed by atoms with Gasteiger partial charge in [0.15, 0.2) is 5.76 Å². The van der Waals surface area contributed by atoms with Gasteiger partial charge in [0, 0.05) is 23.1 Å². The Hall–Kier alpha value is -1.71. The number of halogens is 1. The van der Waals surface area contributed by atoms with Crippen LogP contribution in [0, 0.1) is 20.8 Å². The normalized spacial score (nSPS) is 11.5. The fraction of sp³-hybridized carbons (Fsp3) is 0.333. The van der Waals surface area contributed by atoms with E-state index in [2.05, 4.69) is 31.1 Å². The highest BCUT2D eigenvalue weighted by Crippen LogP contribution is 2.20. The molecule has 0 atom stereocenters. The fourth-order valence-corrected chi connectivity index (χ4v) is 3.78. The van der Waals surface area contributed by atoms with Crippen LogP contribution in [0.5, 0.6) is 0 Å². The van der Waals surface area contributed by atoms with E-state index in [1.165, 1.54) is 6.92 Å². The fourth-order valence-electron chi connectivity index (χ4n) is 2.18. The van der Waals surface area contributed by atoms with Gasteiger partial charge >= 0.3 is 0 Å². The van der Waals surface area contributed by atoms with Crippen LogP contribution in [-0.4, -0.2) is 26.0 Å². The van der Waals surface area contributed by atoms with E-state index >= 15 is 0 Å². The third kappa shape index (κ3) is 4.43. The molecule has 130 valence electrons. The summed E-state index contributed by atoms with van der Waals surface area (Å²) in [4.78, 5) is 11.9. The molecule has 0 saturated heterocycles. The molecule has 0 radical (unpaired) electrons. The van der Waals surface area contributed by atoms with Crippen molar-refractivity contribution in [1.82, 2.24) is 9.88 Å². The van der Waals surface area contributed by atoms with Gasteiger partial charge in [-0.25, -0.2) is 13.1 Å². The molecule has 1 aromatic heterocycles. The summed E-state index contributed by atoms with van der Waals surface area (Å²) in [6.45, 7) is 4.97. The number of benzene rings is 1. The van der Waals surface area contributed by atoms with Gasteiger partial charge in [-0.1, -0.05) is 21.1 Å². The van der Waals surface area contributed by atoms with Crippen molar-refractivity contribution in [3.05, 3.63) is 39.7 Å². The lowest BCUT2D eigenvalue weighted by molar-refractivity contribution is -0.116. The van der Waals surface area contributed by atoms with Crippen molar-refractivity contribution in [3.63, 3.8) is 0 Å². The molecule has 1 amide bonds. The zero-order valence-electron chi connectivity index (χ0n) is 13.5. The zero-order chi connectivity index (χ0) is 17.9. The third-order valence-electron chi connectivity index (χ3n) is 3.32. The van der Waals surface area contributed by atoms with E-state index in [0.29, 0.717) is 5.69 Å². The molecule has 0 spiro atoms. The van der Waals surface area contributed by atoms with E-state index in [9.17, 15) is 13.2 Å². The molecule has 2 N–H and O–H groups in total. The average Bonchev–Trinajstić information content (AvgIpc) is 2.82. The van der Waals surface area contributed by atoms with Gasteiger partial charge in [-0.05, 0) is 44.5 Å². The summed E-state index contributed by atoms with van der Waals surface area (Å²) in [5, 5.41) is 6.35. The molecule has 1 aromatic carbocycles. The lowest BCUT2D eigenvalue weighted by Gasteiger charge is -2.08. The van der Waals surface area contributed by atoms with Gasteiger partial charge in [-0.2, -0.15) is 0 Å². The number of hydrogen-bond donors (Lipinski definition) is 2. The highest BCUT2D eigenvalue weighted by molar-refractivity contribution is 9.10. The summed E-state index contributed by atoms with van der Waals surface area (Å²) in [7, 11) is -3.75. The van der Waals surface area contributed by atoms with Crippen molar-refractivity contribution >= 4 is 37.5 Å². The van der Waals surface area contributed by atoms with Crippen molar-refractivity contribution < 1.29 is 17.7 Å². The van der Waals surface area contributed by atoms with E-state index in [4.69, 9.17) is 4.52 Å². The second kappa shape index (κ2) is 7.45. The summed E-state index contributed by atoms with van der Waals surface area (Å²) < 4.78 is 32.6. The Morgan fingerprint density at radius 2 is 2.00 bits per heavy atom. The molecule has 24 heavy (non-hydrogen) atoms. The number of nitrogens with zero attached hydrogens (tertiary/aromatic N) is 1. The van der Waals surface area contributed by atoms with E-state index in [1.807, 2.05) is 19.1 Å². The van der Waals surface area contributed by atoms with Crippen LogP contribution in [0.2, 0.25) is 0 Å². The van der Waals surface area contributed by atoms with Crippen LogP contribution in [0.25, 0.3) is 0 Å². The molecule has 0 saturated carbocycles. The van der Waals surface area contributed by atoms with Crippen molar-refractivity contribution in [2.45, 2.75) is 32.1 Å². The Kier molecular flexibility index (Phi) is 5.79. The van der Waals surface area contributed by atoms with Crippen LogP contribution in [0.15, 0.2) is 32.1 Å². The van der Waals surface area contributed by atoms with Gasteiger partial charge in [-0.3, -0.25) is 4.79 Å². The number of anilines is 1. The van der Waals surface area contributed by atoms with Crippen LogP contribution in [0.1, 0.15) is 23.4 Å². The topological polar surface area (TPSA) is 101 Å². The molecule has 0 aliphatic heterocycles. The van der Waals surface area contributed by atoms with Gasteiger partial charge in [0.1, 0.15) is 10.6 Å². The monoisotopic (exact) mass is 415 g/mol. The second-order valence-electron chi connectivity index (χ2n) is 5.31. The number of carbonyl (C=O) groups excluding carboxylic acids is 1. The smallest absolute Gasteiger partial charge is 0.245 e. The molecule has 2 aromatic rings. The number of rotatable bonds is 6. The first-order valence-electron chi connectivity index (χ1n) is 7.19. The SMILES string of the molecule is Cc1cc(NC(=O)CCNS(=O)(=O)c2c(C)noc2C)ccc1Br. The maximum Gasteiger partial charge on any atom is 0.245 e. The highest BCUT2D eigenvalue weighted by Gasteiger charge is 2.23. The Balaban J connectivity index is 1.91. The molecule has 0 bridgehead atoms. The van der Waals surface area contributed by atoms with Gasteiger partial charge < -0.3 is 9.84 Å². The van der Waals surface area contributed by atoms with Crippen molar-refractivity contribution in [3.8, 4) is 0 Å². The maximum atomic E-state index is 12.2. The minimum absolute atomic E-state index is 0.0116. The number of amides is 1. The number of nitrogens with one attached hydrogen (secondary N) is 2. The summed E-state index contributed by atoms with van der Waals surface area (Å²) in [6, 6.07) is 5.43. The minimum Gasteiger partial charge on any atom is -0.360 e. The Morgan fingerprint density at radius 1 is 1.29 bits per heavy atom. The average molecular weight is 416 g/mol. The molecule has 0 aliphatic rings. The van der Waals surface area contributed by atoms with Gasteiger partial charge in [0.25, 0.3) is 0 Å². The van der Waals surface area contributed by atoms with Crippen molar-refractivity contribution in [1.29, 1.82) is 0 Å². The Labute approximate surface area is 149 Å². The van der Waals surface area contributed by atoms with Crippen LogP contribution in [-0.2, 0) is 14.8 Å². The van der Waals surface area contributed by atoms with Crippen LogP contribution >= 0.6 is 15.9 Å². The largest absolute Gasteiger partial charge is 0.360 e. The standard InChI is InChI=1S/C15H18BrN3O4S/c1-9-8-12(4-5-13(9)16)18-14(20)6-7-17-24(21,22)15-10(2)19-23-11(15)3/h4-5,8,17H,6-7H2,1-3H3,(H,18,20). The Bertz CT molecular complexity index is 842. The number of carbonyl (C=O) groups is 1. The number of hydrogen-bond acceptors (Lipinski definition) is 5.